The maximum atomic E-state index is 10.1. The summed E-state index contributed by atoms with van der Waals surface area (Å²) in [6.07, 6.45) is -0.613. The number of nitrogens with one attached hydrogen (secondary N) is 2. The fourth-order valence-corrected chi connectivity index (χ4v) is 1.96. The smallest absolute Gasteiger partial charge is 0.191 e. The van der Waals surface area contributed by atoms with Crippen LogP contribution in [-0.2, 0) is 4.74 Å². The minimum Gasteiger partial charge on any atom is -0.389 e. The van der Waals surface area contributed by atoms with E-state index in [0.717, 1.165) is 24.6 Å². The zero-order chi connectivity index (χ0) is 17.1. The van der Waals surface area contributed by atoms with Crippen LogP contribution >= 0.6 is 0 Å². The van der Waals surface area contributed by atoms with Crippen molar-refractivity contribution in [2.45, 2.75) is 39.9 Å². The zero-order valence-corrected chi connectivity index (χ0v) is 14.7. The standard InChI is InChI=1S/C18H31N3O2/c1-5-19-18(20-11-14(2)3)21-12-17(22)13-23-15(4)16-9-7-6-8-10-16/h6-10,14-15,17,22H,5,11-13H2,1-4H3,(H2,19,20,21). The van der Waals surface area contributed by atoms with E-state index in [1.165, 1.54) is 0 Å². The molecule has 0 aliphatic rings. The van der Waals surface area contributed by atoms with E-state index < -0.39 is 6.10 Å². The lowest BCUT2D eigenvalue weighted by Crippen LogP contribution is -2.42. The first-order valence-electron chi connectivity index (χ1n) is 8.39. The molecule has 1 rings (SSSR count). The highest BCUT2D eigenvalue weighted by Gasteiger charge is 2.10. The van der Waals surface area contributed by atoms with E-state index >= 15 is 0 Å². The van der Waals surface area contributed by atoms with Crippen LogP contribution in [-0.4, -0.2) is 43.4 Å². The third kappa shape index (κ3) is 8.57. The lowest BCUT2D eigenvalue weighted by molar-refractivity contribution is -0.000599. The van der Waals surface area contributed by atoms with Crippen molar-refractivity contribution in [1.82, 2.24) is 10.6 Å². The maximum absolute atomic E-state index is 10.1. The third-order valence-electron chi connectivity index (χ3n) is 3.27. The summed E-state index contributed by atoms with van der Waals surface area (Å²) in [5.74, 6) is 1.24. The van der Waals surface area contributed by atoms with Crippen LogP contribution in [0.5, 0.6) is 0 Å². The zero-order valence-electron chi connectivity index (χ0n) is 14.7. The first-order chi connectivity index (χ1) is 11.0. The van der Waals surface area contributed by atoms with Crippen molar-refractivity contribution in [3.63, 3.8) is 0 Å². The van der Waals surface area contributed by atoms with Gasteiger partial charge in [0.1, 0.15) is 0 Å². The van der Waals surface area contributed by atoms with E-state index in [4.69, 9.17) is 4.74 Å². The van der Waals surface area contributed by atoms with Gasteiger partial charge in [-0.05, 0) is 25.3 Å². The second kappa shape index (κ2) is 11.0. The molecule has 2 atom stereocenters. The van der Waals surface area contributed by atoms with E-state index in [9.17, 15) is 5.11 Å². The molecule has 0 heterocycles. The molecule has 0 saturated heterocycles. The van der Waals surface area contributed by atoms with Crippen molar-refractivity contribution in [2.24, 2.45) is 10.9 Å². The highest BCUT2D eigenvalue weighted by Crippen LogP contribution is 2.15. The highest BCUT2D eigenvalue weighted by atomic mass is 16.5. The summed E-state index contributed by atoms with van der Waals surface area (Å²) in [7, 11) is 0. The molecule has 3 N–H and O–H groups in total. The summed E-state index contributed by atoms with van der Waals surface area (Å²) < 4.78 is 5.73. The molecule has 5 heteroatoms. The number of hydrogen-bond donors (Lipinski definition) is 3. The van der Waals surface area contributed by atoms with Crippen molar-refractivity contribution in [2.75, 3.05) is 26.2 Å². The van der Waals surface area contributed by atoms with Gasteiger partial charge in [0.05, 0.1) is 18.8 Å². The Hall–Kier alpha value is -1.59. The van der Waals surface area contributed by atoms with Crippen LogP contribution < -0.4 is 10.6 Å². The van der Waals surface area contributed by atoms with Crippen LogP contribution in [0.3, 0.4) is 0 Å². The minimum atomic E-state index is -0.580. The van der Waals surface area contributed by atoms with Gasteiger partial charge in [-0.15, -0.1) is 0 Å². The molecule has 0 bridgehead atoms. The number of ether oxygens (including phenoxy) is 1. The average Bonchev–Trinajstić information content (AvgIpc) is 2.55. The Morgan fingerprint density at radius 3 is 2.48 bits per heavy atom. The summed E-state index contributed by atoms with van der Waals surface area (Å²) in [5.41, 5.74) is 1.11. The van der Waals surface area contributed by atoms with E-state index in [1.807, 2.05) is 44.2 Å². The summed E-state index contributed by atoms with van der Waals surface area (Å²) in [4.78, 5) is 4.47. The topological polar surface area (TPSA) is 65.9 Å². The molecule has 0 fully saturated rings. The minimum absolute atomic E-state index is 0.0336. The quantitative estimate of drug-likeness (QED) is 0.482. The maximum Gasteiger partial charge on any atom is 0.191 e. The third-order valence-corrected chi connectivity index (χ3v) is 3.27. The van der Waals surface area contributed by atoms with Crippen LogP contribution in [0.4, 0.5) is 0 Å². The molecular formula is C18H31N3O2. The van der Waals surface area contributed by atoms with E-state index in [0.29, 0.717) is 12.5 Å². The van der Waals surface area contributed by atoms with Gasteiger partial charge >= 0.3 is 0 Å². The summed E-state index contributed by atoms with van der Waals surface area (Å²) >= 11 is 0. The van der Waals surface area contributed by atoms with Gasteiger partial charge in [0.25, 0.3) is 0 Å². The predicted molar refractivity (Wildman–Crippen MR) is 95.6 cm³/mol. The predicted octanol–water partition coefficient (Wildman–Crippen LogP) is 2.34. The van der Waals surface area contributed by atoms with Gasteiger partial charge in [0.2, 0.25) is 0 Å². The molecule has 130 valence electrons. The molecule has 1 aromatic rings. The molecule has 0 aliphatic carbocycles. The first kappa shape index (κ1) is 19.5. The lowest BCUT2D eigenvalue weighted by Gasteiger charge is -2.18. The molecule has 23 heavy (non-hydrogen) atoms. The number of nitrogens with zero attached hydrogens (tertiary/aromatic N) is 1. The molecule has 5 nitrogen and oxygen atoms in total. The average molecular weight is 321 g/mol. The van der Waals surface area contributed by atoms with Crippen molar-refractivity contribution in [1.29, 1.82) is 0 Å². The second-order valence-corrected chi connectivity index (χ2v) is 6.03. The molecular weight excluding hydrogens is 290 g/mol. The second-order valence-electron chi connectivity index (χ2n) is 6.03. The molecule has 1 aromatic carbocycles. The fraction of sp³-hybridized carbons (Fsp3) is 0.611. The summed E-state index contributed by atoms with van der Waals surface area (Å²) in [6.45, 7) is 10.5. The largest absolute Gasteiger partial charge is 0.389 e. The normalized spacial score (nSPS) is 14.6. The van der Waals surface area contributed by atoms with Crippen LogP contribution in [0.1, 0.15) is 39.4 Å². The van der Waals surface area contributed by atoms with E-state index in [-0.39, 0.29) is 12.7 Å². The highest BCUT2D eigenvalue weighted by molar-refractivity contribution is 5.79. The van der Waals surface area contributed by atoms with E-state index in [2.05, 4.69) is 29.5 Å². The van der Waals surface area contributed by atoms with Gasteiger partial charge in [-0.3, -0.25) is 4.99 Å². The Labute approximate surface area is 140 Å². The van der Waals surface area contributed by atoms with Crippen molar-refractivity contribution in [3.05, 3.63) is 35.9 Å². The Balaban J connectivity index is 2.34. The number of aliphatic imine (C=N–C) groups is 1. The van der Waals surface area contributed by atoms with Gasteiger partial charge in [-0.25, -0.2) is 0 Å². The Kier molecular flexibility index (Phi) is 9.33. The molecule has 0 saturated carbocycles. The Bertz CT molecular complexity index is 449. The molecule has 0 amide bonds. The molecule has 2 unspecified atom stereocenters. The summed E-state index contributed by atoms with van der Waals surface area (Å²) in [6, 6.07) is 10.0. The van der Waals surface area contributed by atoms with Crippen molar-refractivity contribution < 1.29 is 9.84 Å². The molecule has 0 aromatic heterocycles. The fourth-order valence-electron chi connectivity index (χ4n) is 1.96. The number of hydrogen-bond acceptors (Lipinski definition) is 3. The van der Waals surface area contributed by atoms with Crippen LogP contribution in [0.15, 0.2) is 35.3 Å². The Morgan fingerprint density at radius 2 is 1.87 bits per heavy atom. The monoisotopic (exact) mass is 321 g/mol. The number of benzene rings is 1. The summed E-state index contributed by atoms with van der Waals surface area (Å²) in [5, 5.41) is 16.4. The number of guanidine groups is 1. The van der Waals surface area contributed by atoms with Crippen LogP contribution in [0.2, 0.25) is 0 Å². The molecule has 0 radical (unpaired) electrons. The van der Waals surface area contributed by atoms with Gasteiger partial charge in [0, 0.05) is 19.6 Å². The molecule has 0 aliphatic heterocycles. The van der Waals surface area contributed by atoms with E-state index in [1.54, 1.807) is 0 Å². The Morgan fingerprint density at radius 1 is 1.17 bits per heavy atom. The van der Waals surface area contributed by atoms with Gasteiger partial charge in [-0.1, -0.05) is 44.2 Å². The van der Waals surface area contributed by atoms with Crippen LogP contribution in [0.25, 0.3) is 0 Å². The first-order valence-corrected chi connectivity index (χ1v) is 8.39. The van der Waals surface area contributed by atoms with Crippen LogP contribution in [0, 0.1) is 5.92 Å². The van der Waals surface area contributed by atoms with Gasteiger partial charge in [-0.2, -0.15) is 0 Å². The number of aliphatic hydroxyl groups is 1. The SMILES string of the molecule is CCNC(=NCC(C)C)NCC(O)COC(C)c1ccccc1. The molecule has 0 spiro atoms. The number of rotatable bonds is 9. The van der Waals surface area contributed by atoms with Crippen molar-refractivity contribution in [3.8, 4) is 0 Å². The van der Waals surface area contributed by atoms with Gasteiger partial charge in [0.15, 0.2) is 5.96 Å². The van der Waals surface area contributed by atoms with Crippen molar-refractivity contribution >= 4 is 5.96 Å². The lowest BCUT2D eigenvalue weighted by atomic mass is 10.1. The number of aliphatic hydroxyl groups excluding tert-OH is 1. The van der Waals surface area contributed by atoms with Gasteiger partial charge < -0.3 is 20.5 Å².